The van der Waals surface area contributed by atoms with E-state index in [1.54, 1.807) is 0 Å². The first kappa shape index (κ1) is 25.1. The van der Waals surface area contributed by atoms with Gasteiger partial charge in [0.25, 0.3) is 0 Å². The quantitative estimate of drug-likeness (QED) is 0.345. The first-order valence-corrected chi connectivity index (χ1v) is 13.1. The molecule has 0 unspecified atom stereocenters. The molecule has 0 bridgehead atoms. The topological polar surface area (TPSA) is 35.5 Å². The van der Waals surface area contributed by atoms with Crippen molar-refractivity contribution >= 4 is 14.1 Å². The number of carbonyl (C=O) groups is 1. The van der Waals surface area contributed by atoms with Crippen LogP contribution in [0.3, 0.4) is 0 Å². The molecule has 0 saturated heterocycles. The number of benzene rings is 1. The molecule has 28 heavy (non-hydrogen) atoms. The normalized spacial score (nSPS) is 14.7. The molecule has 160 valence electrons. The summed E-state index contributed by atoms with van der Waals surface area (Å²) in [6.07, 6.45) is 0.820. The zero-order chi connectivity index (χ0) is 21.3. The molecular weight excluding hydrogens is 364 g/mol. The van der Waals surface area contributed by atoms with Crippen LogP contribution < -0.4 is 0 Å². The number of ketones is 1. The fourth-order valence-electron chi connectivity index (χ4n) is 4.56. The molecule has 0 fully saturated rings. The number of ether oxygens (including phenoxy) is 1. The van der Waals surface area contributed by atoms with Crippen LogP contribution in [0.15, 0.2) is 30.3 Å². The molecule has 1 aromatic rings. The maximum Gasteiger partial charge on any atom is 0.200 e. The lowest BCUT2D eigenvalue weighted by Gasteiger charge is -2.43. The number of Topliss-reactive ketones (excluding diaryl/α,β-unsaturated/α-hetero) is 1. The van der Waals surface area contributed by atoms with E-state index in [1.165, 1.54) is 0 Å². The molecule has 0 N–H and O–H groups in total. The largest absolute Gasteiger partial charge is 0.415 e. The van der Waals surface area contributed by atoms with Gasteiger partial charge in [-0.25, -0.2) is 0 Å². The van der Waals surface area contributed by atoms with Crippen molar-refractivity contribution in [3.8, 4) is 0 Å². The van der Waals surface area contributed by atoms with E-state index in [1.807, 2.05) is 37.3 Å². The summed E-state index contributed by atoms with van der Waals surface area (Å²) in [6.45, 7) is 19.4. The Balaban J connectivity index is 2.65. The molecule has 0 radical (unpaired) electrons. The fraction of sp³-hybridized carbons (Fsp3) is 0.708. The first-order chi connectivity index (χ1) is 13.2. The van der Waals surface area contributed by atoms with Crippen molar-refractivity contribution in [2.75, 3.05) is 13.2 Å². The van der Waals surface area contributed by atoms with Crippen molar-refractivity contribution in [2.45, 2.75) is 85.0 Å². The standard InChI is InChI=1S/C24H42O3Si/c1-9-23(17-27-28(18(2)3,19(4)5)20(6)7)24(25)21(8)15-26-16-22-13-11-10-12-14-22/h10-14,18-21,23H,9,15-17H2,1-8H3/t21-,23-/m1/s1. The Morgan fingerprint density at radius 2 is 1.43 bits per heavy atom. The number of carbonyl (C=O) groups excluding carboxylic acids is 1. The van der Waals surface area contributed by atoms with Gasteiger partial charge in [0, 0.05) is 18.4 Å². The molecule has 0 aromatic heterocycles. The lowest BCUT2D eigenvalue weighted by molar-refractivity contribution is -0.129. The summed E-state index contributed by atoms with van der Waals surface area (Å²) >= 11 is 0. The van der Waals surface area contributed by atoms with Crippen molar-refractivity contribution in [3.05, 3.63) is 35.9 Å². The van der Waals surface area contributed by atoms with Crippen LogP contribution in [0.25, 0.3) is 0 Å². The van der Waals surface area contributed by atoms with E-state index in [0.29, 0.717) is 36.4 Å². The minimum absolute atomic E-state index is 0.0431. The third-order valence-electron chi connectivity index (χ3n) is 6.10. The average Bonchev–Trinajstić information content (AvgIpc) is 2.64. The summed E-state index contributed by atoms with van der Waals surface area (Å²) < 4.78 is 12.5. The van der Waals surface area contributed by atoms with Gasteiger partial charge in [0.05, 0.1) is 13.2 Å². The molecule has 1 rings (SSSR count). The van der Waals surface area contributed by atoms with Crippen molar-refractivity contribution in [1.29, 1.82) is 0 Å². The van der Waals surface area contributed by atoms with Crippen LogP contribution in [0.4, 0.5) is 0 Å². The maximum absolute atomic E-state index is 13.0. The molecule has 0 spiro atoms. The second-order valence-electron chi connectivity index (χ2n) is 9.04. The highest BCUT2D eigenvalue weighted by atomic mass is 28.4. The lowest BCUT2D eigenvalue weighted by Crippen LogP contribution is -2.49. The second kappa shape index (κ2) is 11.9. The van der Waals surface area contributed by atoms with Gasteiger partial charge in [-0.1, -0.05) is 85.7 Å². The molecular formula is C24H42O3Si. The van der Waals surface area contributed by atoms with Crippen molar-refractivity contribution in [1.82, 2.24) is 0 Å². The van der Waals surface area contributed by atoms with Gasteiger partial charge in [-0.2, -0.15) is 0 Å². The number of hydrogen-bond donors (Lipinski definition) is 0. The lowest BCUT2D eigenvalue weighted by atomic mass is 9.93. The van der Waals surface area contributed by atoms with Gasteiger partial charge in [0.15, 0.2) is 8.32 Å². The van der Waals surface area contributed by atoms with Gasteiger partial charge >= 0.3 is 0 Å². The fourth-order valence-corrected chi connectivity index (χ4v) is 10.0. The van der Waals surface area contributed by atoms with Crippen LogP contribution in [-0.4, -0.2) is 27.3 Å². The summed E-state index contributed by atoms with van der Waals surface area (Å²) in [5.74, 6) is 0.124. The molecule has 0 amide bonds. The van der Waals surface area contributed by atoms with Crippen LogP contribution in [0.1, 0.15) is 67.4 Å². The Morgan fingerprint density at radius 3 is 1.89 bits per heavy atom. The molecule has 4 heteroatoms. The Bertz CT molecular complexity index is 547. The third-order valence-corrected chi connectivity index (χ3v) is 12.2. The predicted octanol–water partition coefficient (Wildman–Crippen LogP) is 6.63. The SMILES string of the molecule is CC[C@H](CO[Si](C(C)C)(C(C)C)C(C)C)C(=O)[C@H](C)COCc1ccccc1. The van der Waals surface area contributed by atoms with Crippen LogP contribution >= 0.6 is 0 Å². The van der Waals surface area contributed by atoms with E-state index >= 15 is 0 Å². The molecule has 3 nitrogen and oxygen atoms in total. The molecule has 0 heterocycles. The Kier molecular flexibility index (Phi) is 10.6. The number of hydrogen-bond acceptors (Lipinski definition) is 3. The molecule has 0 aliphatic heterocycles. The van der Waals surface area contributed by atoms with E-state index in [4.69, 9.17) is 9.16 Å². The molecule has 0 saturated carbocycles. The first-order valence-electron chi connectivity index (χ1n) is 11.0. The van der Waals surface area contributed by atoms with Crippen LogP contribution in [0, 0.1) is 11.8 Å². The minimum Gasteiger partial charge on any atom is -0.415 e. The zero-order valence-corrected chi connectivity index (χ0v) is 20.3. The van der Waals surface area contributed by atoms with E-state index in [-0.39, 0.29) is 17.6 Å². The van der Waals surface area contributed by atoms with Crippen LogP contribution in [0.5, 0.6) is 0 Å². The molecule has 2 atom stereocenters. The summed E-state index contributed by atoms with van der Waals surface area (Å²) in [4.78, 5) is 13.0. The van der Waals surface area contributed by atoms with Gasteiger partial charge in [0.1, 0.15) is 5.78 Å². The van der Waals surface area contributed by atoms with Crippen molar-refractivity contribution < 1.29 is 14.0 Å². The van der Waals surface area contributed by atoms with E-state index in [0.717, 1.165) is 12.0 Å². The van der Waals surface area contributed by atoms with Crippen LogP contribution in [0.2, 0.25) is 16.6 Å². The van der Waals surface area contributed by atoms with Gasteiger partial charge in [-0.3, -0.25) is 4.79 Å². The highest BCUT2D eigenvalue weighted by Gasteiger charge is 2.45. The highest BCUT2D eigenvalue weighted by Crippen LogP contribution is 2.42. The second-order valence-corrected chi connectivity index (χ2v) is 14.5. The minimum atomic E-state index is -1.94. The molecule has 1 aromatic carbocycles. The third kappa shape index (κ3) is 6.53. The van der Waals surface area contributed by atoms with E-state index < -0.39 is 8.32 Å². The Labute approximate surface area is 174 Å². The zero-order valence-electron chi connectivity index (χ0n) is 19.3. The smallest absolute Gasteiger partial charge is 0.200 e. The summed E-state index contributed by atoms with van der Waals surface area (Å²) in [6, 6.07) is 10.1. The van der Waals surface area contributed by atoms with Crippen molar-refractivity contribution in [3.63, 3.8) is 0 Å². The predicted molar refractivity (Wildman–Crippen MR) is 121 cm³/mol. The number of rotatable bonds is 13. The summed E-state index contributed by atoms with van der Waals surface area (Å²) in [7, 11) is -1.94. The average molecular weight is 407 g/mol. The highest BCUT2D eigenvalue weighted by molar-refractivity contribution is 6.77. The van der Waals surface area contributed by atoms with Crippen LogP contribution in [-0.2, 0) is 20.6 Å². The molecule has 0 aliphatic rings. The summed E-state index contributed by atoms with van der Waals surface area (Å²) in [5.41, 5.74) is 2.74. The summed E-state index contributed by atoms with van der Waals surface area (Å²) in [5, 5.41) is 0. The molecule has 0 aliphatic carbocycles. The van der Waals surface area contributed by atoms with Gasteiger partial charge < -0.3 is 9.16 Å². The van der Waals surface area contributed by atoms with E-state index in [9.17, 15) is 4.79 Å². The maximum atomic E-state index is 13.0. The monoisotopic (exact) mass is 406 g/mol. The van der Waals surface area contributed by atoms with Gasteiger partial charge in [-0.15, -0.1) is 0 Å². The van der Waals surface area contributed by atoms with E-state index in [2.05, 4.69) is 48.5 Å². The van der Waals surface area contributed by atoms with Gasteiger partial charge in [-0.05, 0) is 28.6 Å². The van der Waals surface area contributed by atoms with Crippen molar-refractivity contribution in [2.24, 2.45) is 11.8 Å². The Hall–Kier alpha value is -0.973. The Morgan fingerprint density at radius 1 is 0.893 bits per heavy atom. The van der Waals surface area contributed by atoms with Gasteiger partial charge in [0.2, 0.25) is 0 Å².